The summed E-state index contributed by atoms with van der Waals surface area (Å²) in [6.07, 6.45) is 0. The quantitative estimate of drug-likeness (QED) is 0.504. The normalized spacial score (nSPS) is 63.4. The molecule has 0 aromatic heterocycles. The predicted octanol–water partition coefficient (Wildman–Crippen LogP) is 2.42. The first-order valence-corrected chi connectivity index (χ1v) is 2.99. The Morgan fingerprint density at radius 2 is 1.25 bits per heavy atom. The first-order valence-electron chi connectivity index (χ1n) is 1.80. The largest absolute Gasteiger partial charge is 0.253 e. The van der Waals surface area contributed by atoms with Gasteiger partial charge in [-0.05, 0) is 0 Å². The van der Waals surface area contributed by atoms with E-state index in [-0.39, 0.29) is 0 Å². The molecule has 0 aromatic carbocycles. The van der Waals surface area contributed by atoms with Crippen LogP contribution in [0.2, 0.25) is 0 Å². The SMILES string of the molecule is FC1(Cl)C(Cl)C1(F)Cl. The molecule has 0 saturated heterocycles. The average molecular weight is 181 g/mol. The maximum atomic E-state index is 12.1. The zero-order valence-electron chi connectivity index (χ0n) is 3.47. The Morgan fingerprint density at radius 3 is 1.25 bits per heavy atom. The predicted molar refractivity (Wildman–Crippen MR) is 29.0 cm³/mol. The summed E-state index contributed by atoms with van der Waals surface area (Å²) in [6, 6.07) is 0. The molecule has 2 unspecified atom stereocenters. The van der Waals surface area contributed by atoms with Crippen LogP contribution in [0.15, 0.2) is 0 Å². The van der Waals surface area contributed by atoms with Gasteiger partial charge in [0.2, 0.25) is 0 Å². The second-order valence-electron chi connectivity index (χ2n) is 1.61. The number of alkyl halides is 5. The second kappa shape index (κ2) is 1.41. The van der Waals surface area contributed by atoms with Crippen LogP contribution in [0.3, 0.4) is 0 Å². The van der Waals surface area contributed by atoms with Gasteiger partial charge in [-0.15, -0.1) is 11.6 Å². The molecule has 0 nitrogen and oxygen atoms in total. The van der Waals surface area contributed by atoms with Crippen molar-refractivity contribution >= 4 is 34.8 Å². The highest BCUT2D eigenvalue weighted by Crippen LogP contribution is 2.63. The van der Waals surface area contributed by atoms with Crippen LogP contribution in [0, 0.1) is 0 Å². The van der Waals surface area contributed by atoms with Crippen molar-refractivity contribution < 1.29 is 8.78 Å². The minimum Gasteiger partial charge on any atom is -0.219 e. The van der Waals surface area contributed by atoms with Crippen LogP contribution >= 0.6 is 34.8 Å². The third-order valence-corrected chi connectivity index (χ3v) is 2.91. The van der Waals surface area contributed by atoms with Crippen LogP contribution in [-0.4, -0.2) is 15.6 Å². The van der Waals surface area contributed by atoms with Gasteiger partial charge < -0.3 is 0 Å². The minimum absolute atomic E-state index is 1.42. The van der Waals surface area contributed by atoms with Crippen molar-refractivity contribution in [2.75, 3.05) is 0 Å². The monoisotopic (exact) mass is 180 g/mol. The molecule has 1 rings (SSSR count). The van der Waals surface area contributed by atoms with E-state index in [2.05, 4.69) is 0 Å². The molecule has 0 N–H and O–H groups in total. The van der Waals surface area contributed by atoms with Crippen LogP contribution in [0.25, 0.3) is 0 Å². The molecule has 0 bridgehead atoms. The maximum Gasteiger partial charge on any atom is 0.253 e. The third-order valence-electron chi connectivity index (χ3n) is 0.998. The molecular formula is C3HCl3F2. The van der Waals surface area contributed by atoms with Gasteiger partial charge in [0.1, 0.15) is 5.38 Å². The van der Waals surface area contributed by atoms with Crippen molar-refractivity contribution in [1.82, 2.24) is 0 Å². The van der Waals surface area contributed by atoms with Crippen LogP contribution in [0.5, 0.6) is 0 Å². The van der Waals surface area contributed by atoms with E-state index in [1.165, 1.54) is 0 Å². The Hall–Kier alpha value is 0.730. The maximum absolute atomic E-state index is 12.1. The lowest BCUT2D eigenvalue weighted by molar-refractivity contribution is 0.306. The van der Waals surface area contributed by atoms with Crippen LogP contribution in [0.4, 0.5) is 8.78 Å². The Morgan fingerprint density at radius 1 is 1.12 bits per heavy atom. The third kappa shape index (κ3) is 0.568. The van der Waals surface area contributed by atoms with Crippen LogP contribution < -0.4 is 0 Å². The van der Waals surface area contributed by atoms with Crippen LogP contribution in [0.1, 0.15) is 0 Å². The highest BCUT2D eigenvalue weighted by molar-refractivity contribution is 6.48. The minimum atomic E-state index is -2.56. The van der Waals surface area contributed by atoms with E-state index in [4.69, 9.17) is 34.8 Å². The van der Waals surface area contributed by atoms with Gasteiger partial charge in [0, 0.05) is 0 Å². The second-order valence-corrected chi connectivity index (χ2v) is 3.15. The number of hydrogen-bond donors (Lipinski definition) is 0. The lowest BCUT2D eigenvalue weighted by Gasteiger charge is -1.89. The van der Waals surface area contributed by atoms with Gasteiger partial charge in [0.15, 0.2) is 0 Å². The fourth-order valence-electron chi connectivity index (χ4n) is 0.306. The summed E-state index contributed by atoms with van der Waals surface area (Å²) in [6.45, 7) is 0. The Balaban J connectivity index is 2.72. The number of halogens is 5. The summed E-state index contributed by atoms with van der Waals surface area (Å²) in [5, 5.41) is -6.54. The zero-order chi connectivity index (χ0) is 6.58. The van der Waals surface area contributed by atoms with Gasteiger partial charge in [-0.2, -0.15) is 0 Å². The highest BCUT2D eigenvalue weighted by atomic mass is 35.5. The van der Waals surface area contributed by atoms with Gasteiger partial charge in [-0.1, -0.05) is 23.2 Å². The van der Waals surface area contributed by atoms with Crippen molar-refractivity contribution in [3.63, 3.8) is 0 Å². The van der Waals surface area contributed by atoms with Crippen molar-refractivity contribution in [1.29, 1.82) is 0 Å². The summed E-state index contributed by atoms with van der Waals surface area (Å²) in [4.78, 5) is 0. The van der Waals surface area contributed by atoms with E-state index in [0.717, 1.165) is 0 Å². The van der Waals surface area contributed by atoms with Crippen molar-refractivity contribution in [3.8, 4) is 0 Å². The Kier molecular flexibility index (Phi) is 1.21. The molecule has 1 aliphatic rings. The average Bonchev–Trinajstić information content (AvgIpc) is 1.88. The van der Waals surface area contributed by atoms with Gasteiger partial charge in [-0.3, -0.25) is 0 Å². The summed E-state index contributed by atoms with van der Waals surface area (Å²) < 4.78 is 24.2. The first-order chi connectivity index (χ1) is 3.40. The smallest absolute Gasteiger partial charge is 0.219 e. The molecule has 0 amide bonds. The van der Waals surface area contributed by atoms with E-state index in [1.807, 2.05) is 0 Å². The summed E-state index contributed by atoms with van der Waals surface area (Å²) in [7, 11) is 0. The molecule has 0 heterocycles. The summed E-state index contributed by atoms with van der Waals surface area (Å²) >= 11 is 14.5. The Bertz CT molecular complexity index is 108. The van der Waals surface area contributed by atoms with Crippen molar-refractivity contribution in [2.24, 2.45) is 0 Å². The standard InChI is InChI=1S/C3HCl3F2/c4-1-2(5,7)3(1,6)8/h1H. The molecule has 1 aliphatic carbocycles. The highest BCUT2D eigenvalue weighted by Gasteiger charge is 2.80. The Labute approximate surface area is 59.7 Å². The molecule has 0 spiro atoms. The van der Waals surface area contributed by atoms with Gasteiger partial charge >= 0.3 is 0 Å². The molecule has 0 radical (unpaired) electrons. The lowest BCUT2D eigenvalue weighted by Crippen LogP contribution is -1.99. The molecule has 0 aromatic rings. The molecule has 2 atom stereocenters. The van der Waals surface area contributed by atoms with Gasteiger partial charge in [-0.25, -0.2) is 8.78 Å². The topological polar surface area (TPSA) is 0 Å². The number of hydrogen-bond acceptors (Lipinski definition) is 0. The van der Waals surface area contributed by atoms with Gasteiger partial charge in [0.05, 0.1) is 0 Å². The molecule has 8 heavy (non-hydrogen) atoms. The van der Waals surface area contributed by atoms with Crippen molar-refractivity contribution in [2.45, 2.75) is 15.6 Å². The van der Waals surface area contributed by atoms with E-state index >= 15 is 0 Å². The fourth-order valence-corrected chi connectivity index (χ4v) is 1.14. The van der Waals surface area contributed by atoms with Crippen LogP contribution in [-0.2, 0) is 0 Å². The van der Waals surface area contributed by atoms with Gasteiger partial charge in [0.25, 0.3) is 10.3 Å². The molecule has 48 valence electrons. The summed E-state index contributed by atoms with van der Waals surface area (Å²) in [5.74, 6) is 0. The molecular weight excluding hydrogens is 180 g/mol. The van der Waals surface area contributed by atoms with E-state index < -0.39 is 15.6 Å². The molecule has 0 aliphatic heterocycles. The zero-order valence-corrected chi connectivity index (χ0v) is 5.73. The molecule has 1 fully saturated rings. The van der Waals surface area contributed by atoms with Crippen molar-refractivity contribution in [3.05, 3.63) is 0 Å². The molecule has 1 saturated carbocycles. The number of rotatable bonds is 0. The molecule has 5 heteroatoms. The van der Waals surface area contributed by atoms with E-state index in [1.54, 1.807) is 0 Å². The fraction of sp³-hybridized carbons (Fsp3) is 1.00. The first kappa shape index (κ1) is 6.84. The van der Waals surface area contributed by atoms with E-state index in [0.29, 0.717) is 0 Å². The van der Waals surface area contributed by atoms with E-state index in [9.17, 15) is 8.78 Å². The summed E-state index contributed by atoms with van der Waals surface area (Å²) in [5.41, 5.74) is 0. The lowest BCUT2D eigenvalue weighted by atomic mass is 10.8.